The van der Waals surface area contributed by atoms with Crippen molar-refractivity contribution >= 4 is 34.3 Å². The second kappa shape index (κ2) is 10.3. The SMILES string of the molecule is CNC(=O)c1c2cc(-c3cc(C(=O)NC(C)(C)c4ccccc4)ccc3Cl)ccc2nn1-c1ccc(F)cc1. The summed E-state index contributed by atoms with van der Waals surface area (Å²) in [7, 11) is 1.54. The maximum Gasteiger partial charge on any atom is 0.270 e. The van der Waals surface area contributed by atoms with Gasteiger partial charge in [0.15, 0.2) is 0 Å². The van der Waals surface area contributed by atoms with Crippen LogP contribution in [0.25, 0.3) is 27.7 Å². The minimum atomic E-state index is -0.589. The molecule has 6 nitrogen and oxygen atoms in total. The van der Waals surface area contributed by atoms with Gasteiger partial charge in [-0.2, -0.15) is 5.10 Å². The Morgan fingerprint density at radius 3 is 2.31 bits per heavy atom. The van der Waals surface area contributed by atoms with Crippen molar-refractivity contribution in [2.75, 3.05) is 7.05 Å². The average Bonchev–Trinajstić information content (AvgIpc) is 3.32. The number of nitrogens with one attached hydrogen (secondary N) is 2. The van der Waals surface area contributed by atoms with Gasteiger partial charge in [-0.05, 0) is 79.6 Å². The van der Waals surface area contributed by atoms with E-state index in [1.807, 2.05) is 56.3 Å². The number of carbonyl (C=O) groups excluding carboxylic acids is 2. The normalized spacial score (nSPS) is 11.4. The van der Waals surface area contributed by atoms with Crippen LogP contribution in [0.4, 0.5) is 4.39 Å². The fraction of sp³-hybridized carbons (Fsp3) is 0.129. The van der Waals surface area contributed by atoms with E-state index in [1.165, 1.54) is 23.9 Å². The van der Waals surface area contributed by atoms with Crippen LogP contribution in [0.15, 0.2) is 91.0 Å². The first-order chi connectivity index (χ1) is 18.7. The summed E-state index contributed by atoms with van der Waals surface area (Å²) in [5.74, 6) is -0.968. The van der Waals surface area contributed by atoms with Gasteiger partial charge in [0.1, 0.15) is 11.5 Å². The summed E-state index contributed by atoms with van der Waals surface area (Å²) in [5.41, 5.74) is 3.63. The molecule has 0 saturated carbocycles. The van der Waals surface area contributed by atoms with Crippen molar-refractivity contribution < 1.29 is 14.0 Å². The smallest absolute Gasteiger partial charge is 0.270 e. The predicted molar refractivity (Wildman–Crippen MR) is 152 cm³/mol. The average molecular weight is 541 g/mol. The first kappa shape index (κ1) is 26.1. The van der Waals surface area contributed by atoms with Gasteiger partial charge in [0, 0.05) is 28.6 Å². The molecule has 0 atom stereocenters. The summed E-state index contributed by atoms with van der Waals surface area (Å²) >= 11 is 6.59. The Balaban J connectivity index is 1.55. The molecule has 2 amide bonds. The number of amides is 2. The van der Waals surface area contributed by atoms with Gasteiger partial charge < -0.3 is 10.6 Å². The Morgan fingerprint density at radius 1 is 0.897 bits per heavy atom. The van der Waals surface area contributed by atoms with E-state index in [2.05, 4.69) is 15.7 Å². The van der Waals surface area contributed by atoms with Crippen LogP contribution in [0.5, 0.6) is 0 Å². The molecular formula is C31H26ClFN4O2. The highest BCUT2D eigenvalue weighted by Crippen LogP contribution is 2.33. The second-order valence-electron chi connectivity index (χ2n) is 9.69. The molecule has 5 rings (SSSR count). The number of carbonyl (C=O) groups is 2. The molecule has 0 saturated heterocycles. The summed E-state index contributed by atoms with van der Waals surface area (Å²) in [6, 6.07) is 26.1. The third-order valence-electron chi connectivity index (χ3n) is 6.65. The zero-order valence-electron chi connectivity index (χ0n) is 21.6. The number of aromatic nitrogens is 2. The summed E-state index contributed by atoms with van der Waals surface area (Å²) in [4.78, 5) is 26.2. The van der Waals surface area contributed by atoms with Crippen molar-refractivity contribution in [2.45, 2.75) is 19.4 Å². The molecule has 0 fully saturated rings. The topological polar surface area (TPSA) is 76.0 Å². The molecule has 0 radical (unpaired) electrons. The lowest BCUT2D eigenvalue weighted by Crippen LogP contribution is -2.40. The lowest BCUT2D eigenvalue weighted by molar-refractivity contribution is 0.0910. The van der Waals surface area contributed by atoms with E-state index < -0.39 is 5.54 Å². The molecule has 2 N–H and O–H groups in total. The Bertz CT molecular complexity index is 1700. The maximum atomic E-state index is 13.5. The highest BCUT2D eigenvalue weighted by Gasteiger charge is 2.24. The Labute approximate surface area is 230 Å². The van der Waals surface area contributed by atoms with Crippen LogP contribution in [-0.4, -0.2) is 28.6 Å². The minimum absolute atomic E-state index is 0.238. The Hall–Kier alpha value is -4.49. The second-order valence-corrected chi connectivity index (χ2v) is 10.1. The van der Waals surface area contributed by atoms with Crippen molar-refractivity contribution in [2.24, 2.45) is 0 Å². The predicted octanol–water partition coefficient (Wildman–Crippen LogP) is 6.51. The molecule has 4 aromatic carbocycles. The fourth-order valence-electron chi connectivity index (χ4n) is 4.53. The molecule has 196 valence electrons. The summed E-state index contributed by atoms with van der Waals surface area (Å²) in [6.45, 7) is 3.90. The van der Waals surface area contributed by atoms with Gasteiger partial charge >= 0.3 is 0 Å². The quantitative estimate of drug-likeness (QED) is 0.258. The fourth-order valence-corrected chi connectivity index (χ4v) is 4.76. The van der Waals surface area contributed by atoms with Gasteiger partial charge in [-0.25, -0.2) is 9.07 Å². The standard InChI is InChI=1S/C31H26ClFN4O2/c1-31(2,21-7-5-4-6-8-21)35-29(38)20-9-15-26(32)24(18-20)19-10-16-27-25(17-19)28(30(39)34-3)37(36-27)23-13-11-22(33)12-14-23/h4-18H,1-3H3,(H,34,39)(H,35,38). The van der Waals surface area contributed by atoms with Crippen molar-refractivity contribution in [1.82, 2.24) is 20.4 Å². The van der Waals surface area contributed by atoms with E-state index in [0.29, 0.717) is 44.0 Å². The van der Waals surface area contributed by atoms with Gasteiger partial charge in [0.05, 0.1) is 16.7 Å². The van der Waals surface area contributed by atoms with Crippen LogP contribution < -0.4 is 10.6 Å². The summed E-state index contributed by atoms with van der Waals surface area (Å²) < 4.78 is 15.0. The first-order valence-corrected chi connectivity index (χ1v) is 12.7. The number of rotatable bonds is 6. The first-order valence-electron chi connectivity index (χ1n) is 12.4. The number of benzene rings is 4. The number of nitrogens with zero attached hydrogens (tertiary/aromatic N) is 2. The van der Waals surface area contributed by atoms with Crippen molar-refractivity contribution in [3.05, 3.63) is 119 Å². The van der Waals surface area contributed by atoms with E-state index in [1.54, 1.807) is 36.4 Å². The maximum absolute atomic E-state index is 13.5. The zero-order valence-corrected chi connectivity index (χ0v) is 22.4. The number of halogens is 2. The number of hydrogen-bond acceptors (Lipinski definition) is 3. The lowest BCUT2D eigenvalue weighted by Gasteiger charge is -2.27. The van der Waals surface area contributed by atoms with Gasteiger partial charge in [0.2, 0.25) is 0 Å². The molecule has 8 heteroatoms. The van der Waals surface area contributed by atoms with Gasteiger partial charge in [0.25, 0.3) is 11.8 Å². The van der Waals surface area contributed by atoms with Crippen LogP contribution in [0, 0.1) is 5.82 Å². The number of fused-ring (bicyclic) bond motifs is 1. The highest BCUT2D eigenvalue weighted by molar-refractivity contribution is 6.33. The highest BCUT2D eigenvalue weighted by atomic mass is 35.5. The Kier molecular flexibility index (Phi) is 6.93. The molecule has 0 aliphatic rings. The molecule has 5 aromatic rings. The van der Waals surface area contributed by atoms with Crippen molar-refractivity contribution in [3.8, 4) is 16.8 Å². The van der Waals surface area contributed by atoms with E-state index in [0.717, 1.165) is 5.56 Å². The van der Waals surface area contributed by atoms with Crippen molar-refractivity contribution in [3.63, 3.8) is 0 Å². The van der Waals surface area contributed by atoms with Gasteiger partial charge in [-0.3, -0.25) is 9.59 Å². The van der Waals surface area contributed by atoms with E-state index in [4.69, 9.17) is 11.6 Å². The van der Waals surface area contributed by atoms with Crippen LogP contribution in [0.2, 0.25) is 5.02 Å². The zero-order chi connectivity index (χ0) is 27.7. The molecule has 39 heavy (non-hydrogen) atoms. The summed E-state index contributed by atoms with van der Waals surface area (Å²) in [6.07, 6.45) is 0. The van der Waals surface area contributed by atoms with Gasteiger partial charge in [-0.15, -0.1) is 0 Å². The van der Waals surface area contributed by atoms with E-state index >= 15 is 0 Å². The van der Waals surface area contributed by atoms with Crippen molar-refractivity contribution in [1.29, 1.82) is 0 Å². The molecule has 1 aromatic heterocycles. The summed E-state index contributed by atoms with van der Waals surface area (Å²) in [5, 5.41) is 11.4. The van der Waals surface area contributed by atoms with Crippen LogP contribution in [0.3, 0.4) is 0 Å². The van der Waals surface area contributed by atoms with Crippen LogP contribution in [0.1, 0.15) is 40.3 Å². The Morgan fingerprint density at radius 2 is 1.62 bits per heavy atom. The number of hydrogen-bond donors (Lipinski definition) is 2. The molecule has 1 heterocycles. The van der Waals surface area contributed by atoms with Crippen LogP contribution in [-0.2, 0) is 5.54 Å². The van der Waals surface area contributed by atoms with E-state index in [9.17, 15) is 14.0 Å². The van der Waals surface area contributed by atoms with E-state index in [-0.39, 0.29) is 17.6 Å². The monoisotopic (exact) mass is 540 g/mol. The minimum Gasteiger partial charge on any atom is -0.354 e. The third-order valence-corrected chi connectivity index (χ3v) is 6.98. The van der Waals surface area contributed by atoms with Crippen LogP contribution >= 0.6 is 11.6 Å². The molecule has 0 unspecified atom stereocenters. The largest absolute Gasteiger partial charge is 0.354 e. The molecule has 0 aliphatic heterocycles. The molecular weight excluding hydrogens is 515 g/mol. The molecule has 0 aliphatic carbocycles. The third kappa shape index (κ3) is 5.13. The lowest BCUT2D eigenvalue weighted by atomic mass is 9.93. The molecule has 0 spiro atoms. The molecule has 0 bridgehead atoms. The van der Waals surface area contributed by atoms with Gasteiger partial charge in [-0.1, -0.05) is 48.0 Å².